The van der Waals surface area contributed by atoms with Crippen LogP contribution in [0.2, 0.25) is 0 Å². The van der Waals surface area contributed by atoms with Gasteiger partial charge in [0.1, 0.15) is 17.7 Å². The minimum Gasteiger partial charge on any atom is -0.458 e. The van der Waals surface area contributed by atoms with Gasteiger partial charge >= 0.3 is 5.97 Å². The molecule has 2 heterocycles. The lowest BCUT2D eigenvalue weighted by molar-refractivity contribution is -0.0250. The van der Waals surface area contributed by atoms with Crippen molar-refractivity contribution in [2.45, 2.75) is 53.6 Å². The van der Waals surface area contributed by atoms with Gasteiger partial charge in [0, 0.05) is 5.56 Å². The molecule has 1 N–H and O–H groups in total. The first kappa shape index (κ1) is 20.2. The zero-order valence-electron chi connectivity index (χ0n) is 18.2. The topological polar surface area (TPSA) is 83.2 Å². The van der Waals surface area contributed by atoms with E-state index in [9.17, 15) is 10.1 Å². The number of hydrogen-bond acceptors (Lipinski definition) is 4. The average molecular weight is 405 g/mol. The zero-order chi connectivity index (χ0) is 21.6. The molecule has 1 aliphatic rings. The average Bonchev–Trinajstić information content (AvgIpc) is 3.23. The second-order valence-corrected chi connectivity index (χ2v) is 8.95. The number of aromatic nitrogens is 3. The van der Waals surface area contributed by atoms with Gasteiger partial charge in [0.2, 0.25) is 0 Å². The van der Waals surface area contributed by atoms with Crippen LogP contribution < -0.4 is 0 Å². The largest absolute Gasteiger partial charge is 0.458 e. The molecule has 0 amide bonds. The van der Waals surface area contributed by atoms with Crippen LogP contribution in [-0.4, -0.2) is 26.7 Å². The van der Waals surface area contributed by atoms with Crippen LogP contribution >= 0.6 is 0 Å². The highest BCUT2D eigenvalue weighted by atomic mass is 16.5. The maximum absolute atomic E-state index is 13.2. The first-order valence-electron chi connectivity index (χ1n) is 10.6. The number of benzene rings is 1. The number of carbonyl (C=O) groups excluding carboxylic acids is 1. The number of fused-ring (bicyclic) bond motifs is 1. The van der Waals surface area contributed by atoms with Crippen molar-refractivity contribution in [2.24, 2.45) is 17.8 Å². The SMILES string of the molecule is Cc1ccc(-c2nc3c(C(=O)OC4C(C)CC(C)CC4C)c(C#N)c(C)n3[nH]2)cc1. The number of nitrogens with one attached hydrogen (secondary N) is 1. The fourth-order valence-electron chi connectivity index (χ4n) is 4.93. The number of hydrogen-bond donors (Lipinski definition) is 1. The standard InChI is InChI=1S/C24H28N4O2/c1-13-6-8-18(9-7-13)22-26-23-20(19(12-25)17(5)28(23)27-22)24(29)30-21-15(3)10-14(2)11-16(21)4/h6-9,14-16,21H,10-11H2,1-5H3,(H,26,27). The Bertz CT molecular complexity index is 1120. The predicted molar refractivity (Wildman–Crippen MR) is 115 cm³/mol. The number of ether oxygens (including phenoxy) is 1. The molecule has 1 aromatic carbocycles. The lowest BCUT2D eigenvalue weighted by atomic mass is 9.75. The van der Waals surface area contributed by atoms with Crippen LogP contribution in [0.5, 0.6) is 0 Å². The van der Waals surface area contributed by atoms with E-state index >= 15 is 0 Å². The zero-order valence-corrected chi connectivity index (χ0v) is 18.2. The van der Waals surface area contributed by atoms with E-state index in [0.29, 0.717) is 40.5 Å². The number of carbonyl (C=O) groups is 1. The number of esters is 1. The highest BCUT2D eigenvalue weighted by Crippen LogP contribution is 2.36. The van der Waals surface area contributed by atoms with Crippen LogP contribution in [0.15, 0.2) is 24.3 Å². The van der Waals surface area contributed by atoms with Gasteiger partial charge in [0.25, 0.3) is 0 Å². The van der Waals surface area contributed by atoms with Crippen LogP contribution in [0.25, 0.3) is 17.0 Å². The Kier molecular flexibility index (Phi) is 5.15. The molecule has 0 saturated heterocycles. The Labute approximate surface area is 176 Å². The van der Waals surface area contributed by atoms with Crippen molar-refractivity contribution in [1.82, 2.24) is 14.6 Å². The van der Waals surface area contributed by atoms with Gasteiger partial charge in [-0.1, -0.05) is 50.6 Å². The Morgan fingerprint density at radius 1 is 1.17 bits per heavy atom. The molecule has 30 heavy (non-hydrogen) atoms. The number of nitrogens with zero attached hydrogens (tertiary/aromatic N) is 3. The summed E-state index contributed by atoms with van der Waals surface area (Å²) >= 11 is 0. The summed E-state index contributed by atoms with van der Waals surface area (Å²) in [6.07, 6.45) is 1.93. The van der Waals surface area contributed by atoms with Crippen molar-refractivity contribution in [3.05, 3.63) is 46.6 Å². The summed E-state index contributed by atoms with van der Waals surface area (Å²) in [5, 5.41) is 12.9. The third-order valence-corrected chi connectivity index (χ3v) is 6.37. The molecule has 1 fully saturated rings. The maximum Gasteiger partial charge on any atom is 0.343 e. The van der Waals surface area contributed by atoms with Crippen molar-refractivity contribution in [2.75, 3.05) is 0 Å². The number of aromatic amines is 1. The van der Waals surface area contributed by atoms with Crippen molar-refractivity contribution in [3.8, 4) is 17.5 Å². The molecule has 1 saturated carbocycles. The molecule has 0 radical (unpaired) electrons. The first-order chi connectivity index (χ1) is 14.3. The smallest absolute Gasteiger partial charge is 0.343 e. The fourth-order valence-corrected chi connectivity index (χ4v) is 4.93. The van der Waals surface area contributed by atoms with Gasteiger partial charge in [0.05, 0.1) is 11.3 Å². The molecule has 3 aromatic rings. The highest BCUT2D eigenvalue weighted by molar-refractivity contribution is 6.00. The molecule has 2 atom stereocenters. The third-order valence-electron chi connectivity index (χ3n) is 6.37. The van der Waals surface area contributed by atoms with E-state index in [-0.39, 0.29) is 11.7 Å². The van der Waals surface area contributed by atoms with Crippen LogP contribution in [0.1, 0.15) is 60.8 Å². The van der Waals surface area contributed by atoms with Gasteiger partial charge in [-0.05, 0) is 44.4 Å². The van der Waals surface area contributed by atoms with E-state index in [1.807, 2.05) is 38.1 Å². The molecule has 2 unspecified atom stereocenters. The summed E-state index contributed by atoms with van der Waals surface area (Å²) < 4.78 is 7.70. The molecule has 2 aromatic heterocycles. The lowest BCUT2D eigenvalue weighted by Crippen LogP contribution is -2.37. The Balaban J connectivity index is 1.73. The molecule has 0 spiro atoms. The van der Waals surface area contributed by atoms with Crippen LogP contribution in [0, 0.1) is 42.9 Å². The summed E-state index contributed by atoms with van der Waals surface area (Å²) in [6.45, 7) is 10.4. The quantitative estimate of drug-likeness (QED) is 0.620. The van der Waals surface area contributed by atoms with E-state index in [4.69, 9.17) is 4.74 Å². The summed E-state index contributed by atoms with van der Waals surface area (Å²) in [5.41, 5.74) is 3.75. The molecule has 1 aliphatic carbocycles. The maximum atomic E-state index is 13.2. The van der Waals surface area contributed by atoms with Gasteiger partial charge in [-0.3, -0.25) is 5.10 Å². The third kappa shape index (κ3) is 3.39. The van der Waals surface area contributed by atoms with Gasteiger partial charge in [-0.15, -0.1) is 0 Å². The van der Waals surface area contributed by atoms with E-state index in [0.717, 1.165) is 24.0 Å². The van der Waals surface area contributed by atoms with Gasteiger partial charge in [0.15, 0.2) is 11.5 Å². The van der Waals surface area contributed by atoms with E-state index in [1.54, 1.807) is 4.52 Å². The fraction of sp³-hybridized carbons (Fsp3) is 0.458. The number of H-pyrrole nitrogens is 1. The van der Waals surface area contributed by atoms with Crippen molar-refractivity contribution >= 4 is 11.6 Å². The van der Waals surface area contributed by atoms with Gasteiger partial charge in [-0.2, -0.15) is 5.26 Å². The van der Waals surface area contributed by atoms with E-state index < -0.39 is 5.97 Å². The van der Waals surface area contributed by atoms with Crippen LogP contribution in [0.3, 0.4) is 0 Å². The predicted octanol–water partition coefficient (Wildman–Crippen LogP) is 5.05. The number of aryl methyl sites for hydroxylation is 2. The van der Waals surface area contributed by atoms with Crippen molar-refractivity contribution in [3.63, 3.8) is 0 Å². The Morgan fingerprint density at radius 3 is 2.40 bits per heavy atom. The second-order valence-electron chi connectivity index (χ2n) is 8.95. The van der Waals surface area contributed by atoms with Crippen molar-refractivity contribution in [1.29, 1.82) is 5.26 Å². The van der Waals surface area contributed by atoms with Crippen LogP contribution in [-0.2, 0) is 4.74 Å². The molecule has 6 nitrogen and oxygen atoms in total. The van der Waals surface area contributed by atoms with Gasteiger partial charge in [-0.25, -0.2) is 14.3 Å². The van der Waals surface area contributed by atoms with E-state index in [2.05, 4.69) is 36.9 Å². The number of rotatable bonds is 3. The van der Waals surface area contributed by atoms with E-state index in [1.165, 1.54) is 0 Å². The van der Waals surface area contributed by atoms with Crippen LogP contribution in [0.4, 0.5) is 0 Å². The minimum atomic E-state index is -0.461. The molecule has 4 rings (SSSR count). The summed E-state index contributed by atoms with van der Waals surface area (Å²) in [4.78, 5) is 17.9. The van der Waals surface area contributed by atoms with Crippen molar-refractivity contribution < 1.29 is 9.53 Å². The second kappa shape index (κ2) is 7.64. The molecule has 6 heteroatoms. The minimum absolute atomic E-state index is 0.147. The monoisotopic (exact) mass is 404 g/mol. The summed E-state index contributed by atoms with van der Waals surface area (Å²) in [7, 11) is 0. The Hall–Kier alpha value is -3.07. The molecular weight excluding hydrogens is 376 g/mol. The molecule has 0 aliphatic heterocycles. The Morgan fingerprint density at radius 2 is 1.80 bits per heavy atom. The molecule has 0 bridgehead atoms. The summed E-state index contributed by atoms with van der Waals surface area (Å²) in [6, 6.07) is 10.2. The highest BCUT2D eigenvalue weighted by Gasteiger charge is 2.36. The van der Waals surface area contributed by atoms with Gasteiger partial charge < -0.3 is 4.74 Å². The normalized spacial score (nSPS) is 24.0. The number of nitriles is 1. The molecule has 156 valence electrons. The first-order valence-corrected chi connectivity index (χ1v) is 10.6. The summed E-state index contributed by atoms with van der Waals surface area (Å²) in [5.74, 6) is 1.41. The molecular formula is C24H28N4O2. The lowest BCUT2D eigenvalue weighted by Gasteiger charge is -2.37.